The predicted octanol–water partition coefficient (Wildman–Crippen LogP) is 3.74. The van der Waals surface area contributed by atoms with Gasteiger partial charge in [-0.3, -0.25) is 9.78 Å². The Morgan fingerprint density at radius 3 is 2.87 bits per heavy atom. The minimum absolute atomic E-state index is 0.0378. The van der Waals surface area contributed by atoms with Crippen molar-refractivity contribution in [1.82, 2.24) is 14.9 Å². The van der Waals surface area contributed by atoms with E-state index in [1.165, 1.54) is 0 Å². The van der Waals surface area contributed by atoms with Gasteiger partial charge in [-0.05, 0) is 25.0 Å². The molecular formula is C18H23N3OS. The minimum atomic E-state index is 0.0378. The molecule has 122 valence electrons. The Morgan fingerprint density at radius 1 is 1.39 bits per heavy atom. The maximum absolute atomic E-state index is 12.7. The van der Waals surface area contributed by atoms with Gasteiger partial charge in [0.05, 0.1) is 28.9 Å². The Bertz CT molecular complexity index is 675. The van der Waals surface area contributed by atoms with E-state index >= 15 is 0 Å². The van der Waals surface area contributed by atoms with Gasteiger partial charge in [-0.2, -0.15) is 0 Å². The summed E-state index contributed by atoms with van der Waals surface area (Å²) in [5, 5.41) is 3.10. The van der Waals surface area contributed by atoms with E-state index in [-0.39, 0.29) is 17.4 Å². The zero-order chi connectivity index (χ0) is 16.4. The first-order valence-electron chi connectivity index (χ1n) is 8.10. The Morgan fingerprint density at radius 2 is 2.22 bits per heavy atom. The van der Waals surface area contributed by atoms with Crippen molar-refractivity contribution in [3.63, 3.8) is 0 Å². The van der Waals surface area contributed by atoms with Crippen LogP contribution >= 0.6 is 11.3 Å². The average Bonchev–Trinajstić information content (AvgIpc) is 3.16. The molecule has 1 saturated heterocycles. The second kappa shape index (κ2) is 6.40. The second-order valence-corrected chi connectivity index (χ2v) is 7.93. The lowest BCUT2D eigenvalue weighted by atomic mass is 9.98. The van der Waals surface area contributed by atoms with Gasteiger partial charge in [-0.25, -0.2) is 4.98 Å². The SMILES string of the molecule is CC(C)(C)c1nc(CC(=O)N2CCCC2c2ccccn2)cs1. The number of carbonyl (C=O) groups excluding carboxylic acids is 1. The van der Waals surface area contributed by atoms with Gasteiger partial charge in [0.25, 0.3) is 0 Å². The molecule has 1 atom stereocenters. The quantitative estimate of drug-likeness (QED) is 0.862. The van der Waals surface area contributed by atoms with Crippen LogP contribution in [-0.2, 0) is 16.6 Å². The number of carbonyl (C=O) groups is 1. The van der Waals surface area contributed by atoms with Crippen LogP contribution in [0.5, 0.6) is 0 Å². The molecular weight excluding hydrogens is 306 g/mol. The zero-order valence-electron chi connectivity index (χ0n) is 14.0. The molecule has 1 fully saturated rings. The number of hydrogen-bond donors (Lipinski definition) is 0. The second-order valence-electron chi connectivity index (χ2n) is 7.07. The molecule has 1 amide bonds. The van der Waals surface area contributed by atoms with Gasteiger partial charge < -0.3 is 4.90 Å². The summed E-state index contributed by atoms with van der Waals surface area (Å²) in [5.74, 6) is 0.156. The molecule has 0 bridgehead atoms. The largest absolute Gasteiger partial charge is 0.334 e. The van der Waals surface area contributed by atoms with Crippen LogP contribution in [0.2, 0.25) is 0 Å². The number of pyridine rings is 1. The molecule has 0 spiro atoms. The molecule has 0 aromatic carbocycles. The van der Waals surface area contributed by atoms with Crippen molar-refractivity contribution in [2.24, 2.45) is 0 Å². The molecule has 3 rings (SSSR count). The molecule has 0 saturated carbocycles. The van der Waals surface area contributed by atoms with Gasteiger partial charge >= 0.3 is 0 Å². The first-order valence-corrected chi connectivity index (χ1v) is 8.98. The molecule has 2 aromatic rings. The van der Waals surface area contributed by atoms with E-state index < -0.39 is 0 Å². The third-order valence-electron chi connectivity index (χ3n) is 4.13. The molecule has 1 unspecified atom stereocenters. The van der Waals surface area contributed by atoms with Gasteiger partial charge in [0.2, 0.25) is 5.91 Å². The summed E-state index contributed by atoms with van der Waals surface area (Å²) in [7, 11) is 0. The summed E-state index contributed by atoms with van der Waals surface area (Å²) in [6.07, 6.45) is 4.21. The highest BCUT2D eigenvalue weighted by Crippen LogP contribution is 2.31. The smallest absolute Gasteiger partial charge is 0.229 e. The van der Waals surface area contributed by atoms with Crippen LogP contribution in [-0.4, -0.2) is 27.3 Å². The lowest BCUT2D eigenvalue weighted by Crippen LogP contribution is -2.32. The number of likely N-dealkylation sites (tertiary alicyclic amines) is 1. The highest BCUT2D eigenvalue weighted by Gasteiger charge is 2.31. The third-order valence-corrected chi connectivity index (χ3v) is 5.44. The number of nitrogens with zero attached hydrogens (tertiary/aromatic N) is 3. The van der Waals surface area contributed by atoms with Crippen LogP contribution in [0.4, 0.5) is 0 Å². The average molecular weight is 329 g/mol. The van der Waals surface area contributed by atoms with E-state index in [9.17, 15) is 4.79 Å². The summed E-state index contributed by atoms with van der Waals surface area (Å²) >= 11 is 1.64. The maximum atomic E-state index is 12.7. The standard InChI is InChI=1S/C18H23N3OS/c1-18(2,3)17-20-13(12-23-17)11-16(22)21-10-6-8-15(21)14-7-4-5-9-19-14/h4-5,7,9,12,15H,6,8,10-11H2,1-3H3. The lowest BCUT2D eigenvalue weighted by molar-refractivity contribution is -0.131. The fourth-order valence-corrected chi connectivity index (χ4v) is 3.84. The first kappa shape index (κ1) is 16.1. The minimum Gasteiger partial charge on any atom is -0.334 e. The van der Waals surface area contributed by atoms with Crippen LogP contribution in [0.15, 0.2) is 29.8 Å². The van der Waals surface area contributed by atoms with E-state index in [1.807, 2.05) is 28.5 Å². The van der Waals surface area contributed by atoms with Gasteiger partial charge in [-0.1, -0.05) is 26.8 Å². The summed E-state index contributed by atoms with van der Waals surface area (Å²) in [5.41, 5.74) is 1.92. The fraction of sp³-hybridized carbons (Fsp3) is 0.500. The van der Waals surface area contributed by atoms with E-state index in [4.69, 9.17) is 0 Å². The zero-order valence-corrected chi connectivity index (χ0v) is 14.8. The van der Waals surface area contributed by atoms with Crippen molar-refractivity contribution in [1.29, 1.82) is 0 Å². The fourth-order valence-electron chi connectivity index (χ4n) is 2.93. The summed E-state index contributed by atoms with van der Waals surface area (Å²) in [4.78, 5) is 23.8. The monoisotopic (exact) mass is 329 g/mol. The van der Waals surface area contributed by atoms with Crippen LogP contribution in [0.3, 0.4) is 0 Å². The normalized spacial score (nSPS) is 18.4. The highest BCUT2D eigenvalue weighted by molar-refractivity contribution is 7.09. The highest BCUT2D eigenvalue weighted by atomic mass is 32.1. The van der Waals surface area contributed by atoms with Crippen molar-refractivity contribution in [2.45, 2.75) is 51.5 Å². The van der Waals surface area contributed by atoms with Gasteiger partial charge in [0, 0.05) is 23.5 Å². The number of rotatable bonds is 3. The van der Waals surface area contributed by atoms with Crippen molar-refractivity contribution >= 4 is 17.2 Å². The molecule has 3 heterocycles. The molecule has 0 radical (unpaired) electrons. The lowest BCUT2D eigenvalue weighted by Gasteiger charge is -2.24. The van der Waals surface area contributed by atoms with Crippen LogP contribution in [0.1, 0.15) is 56.1 Å². The van der Waals surface area contributed by atoms with E-state index in [0.29, 0.717) is 6.42 Å². The van der Waals surface area contributed by atoms with Gasteiger partial charge in [0.1, 0.15) is 0 Å². The molecule has 2 aromatic heterocycles. The van der Waals surface area contributed by atoms with Crippen molar-refractivity contribution in [3.05, 3.63) is 46.2 Å². The van der Waals surface area contributed by atoms with Gasteiger partial charge in [-0.15, -0.1) is 11.3 Å². The Hall–Kier alpha value is -1.75. The third kappa shape index (κ3) is 3.61. The van der Waals surface area contributed by atoms with Crippen LogP contribution < -0.4 is 0 Å². The predicted molar refractivity (Wildman–Crippen MR) is 92.4 cm³/mol. The molecule has 23 heavy (non-hydrogen) atoms. The van der Waals surface area contributed by atoms with Crippen molar-refractivity contribution in [3.8, 4) is 0 Å². The first-order chi connectivity index (χ1) is 10.9. The van der Waals surface area contributed by atoms with Crippen LogP contribution in [0, 0.1) is 0 Å². The molecule has 0 aliphatic carbocycles. The van der Waals surface area contributed by atoms with Crippen molar-refractivity contribution in [2.75, 3.05) is 6.54 Å². The molecule has 1 aliphatic heterocycles. The Labute approximate surface area is 141 Å². The number of thiazole rings is 1. The van der Waals surface area contributed by atoms with E-state index in [2.05, 4.69) is 30.7 Å². The number of amides is 1. The topological polar surface area (TPSA) is 46.1 Å². The molecule has 0 N–H and O–H groups in total. The Kier molecular flexibility index (Phi) is 4.48. The van der Waals surface area contributed by atoms with E-state index in [1.54, 1.807) is 17.5 Å². The number of aromatic nitrogens is 2. The van der Waals surface area contributed by atoms with Crippen LogP contribution in [0.25, 0.3) is 0 Å². The Balaban J connectivity index is 1.71. The van der Waals surface area contributed by atoms with E-state index in [0.717, 1.165) is 35.8 Å². The molecule has 4 nitrogen and oxygen atoms in total. The summed E-state index contributed by atoms with van der Waals surface area (Å²) < 4.78 is 0. The molecule has 5 heteroatoms. The van der Waals surface area contributed by atoms with Gasteiger partial charge in [0.15, 0.2) is 0 Å². The number of hydrogen-bond acceptors (Lipinski definition) is 4. The summed E-state index contributed by atoms with van der Waals surface area (Å²) in [6.45, 7) is 7.26. The molecule has 1 aliphatic rings. The van der Waals surface area contributed by atoms with Crippen molar-refractivity contribution < 1.29 is 4.79 Å². The summed E-state index contributed by atoms with van der Waals surface area (Å²) in [6, 6.07) is 6.02. The maximum Gasteiger partial charge on any atom is 0.229 e.